The Morgan fingerprint density at radius 3 is 2.33 bits per heavy atom. The molecule has 2 aromatic rings. The number of rotatable bonds is 5. The number of hydrogen-bond acceptors (Lipinski definition) is 4. The molecule has 1 unspecified atom stereocenters. The highest BCUT2D eigenvalue weighted by Crippen LogP contribution is 2.40. The largest absolute Gasteiger partial charge is 0.487 e. The Labute approximate surface area is 178 Å². The molecule has 0 spiro atoms. The maximum atomic E-state index is 12.9. The fourth-order valence-corrected chi connectivity index (χ4v) is 4.41. The van der Waals surface area contributed by atoms with Gasteiger partial charge in [0.25, 0.3) is 5.91 Å². The minimum Gasteiger partial charge on any atom is -0.487 e. The number of anilines is 1. The zero-order chi connectivity index (χ0) is 22.3. The topological polar surface area (TPSA) is 79.0 Å². The van der Waals surface area contributed by atoms with E-state index in [0.717, 1.165) is 21.2 Å². The number of nitrogens with zero attached hydrogens (tertiary/aromatic N) is 2. The molecule has 1 aliphatic heterocycles. The lowest BCUT2D eigenvalue weighted by Crippen LogP contribution is -2.41. The molecule has 1 amide bonds. The quantitative estimate of drug-likeness (QED) is 0.788. The number of ether oxygens (including phenoxy) is 1. The van der Waals surface area contributed by atoms with Crippen molar-refractivity contribution < 1.29 is 17.9 Å². The first-order valence-electron chi connectivity index (χ1n) is 9.77. The molecule has 1 atom stereocenters. The summed E-state index contributed by atoms with van der Waals surface area (Å²) in [5, 5.41) is 3.10. The normalized spacial score (nSPS) is 17.8. The highest BCUT2D eigenvalue weighted by Gasteiger charge is 2.34. The zero-order valence-corrected chi connectivity index (χ0v) is 19.1. The van der Waals surface area contributed by atoms with Crippen LogP contribution in [-0.4, -0.2) is 45.4 Å². The standard InChI is InChI=1S/C22H29N3O4S/c1-15-7-12-18-19(14-22(2,3)29-20(18)13-15)23-21(26)16-8-10-17(11-9-16)25(6)30(27,28)24(4)5/h7-13,19H,14H2,1-6H3,(H,23,26). The number of fused-ring (bicyclic) bond motifs is 1. The molecule has 8 heteroatoms. The Morgan fingerprint density at radius 1 is 1.10 bits per heavy atom. The molecule has 0 bridgehead atoms. The first kappa shape index (κ1) is 22.1. The van der Waals surface area contributed by atoms with E-state index in [1.54, 1.807) is 24.3 Å². The van der Waals surface area contributed by atoms with E-state index in [-0.39, 0.29) is 11.9 Å². The first-order chi connectivity index (χ1) is 13.9. The summed E-state index contributed by atoms with van der Waals surface area (Å²) in [5.74, 6) is 0.580. The lowest BCUT2D eigenvalue weighted by Gasteiger charge is -2.38. The molecule has 2 aromatic carbocycles. The third-order valence-corrected chi connectivity index (χ3v) is 7.06. The van der Waals surface area contributed by atoms with E-state index in [1.807, 2.05) is 39.0 Å². The lowest BCUT2D eigenvalue weighted by atomic mass is 9.89. The maximum absolute atomic E-state index is 12.9. The van der Waals surface area contributed by atoms with Crippen LogP contribution >= 0.6 is 0 Å². The predicted molar refractivity (Wildman–Crippen MR) is 118 cm³/mol. The third kappa shape index (κ3) is 4.44. The number of hydrogen-bond donors (Lipinski definition) is 1. The summed E-state index contributed by atoms with van der Waals surface area (Å²) >= 11 is 0. The van der Waals surface area contributed by atoms with E-state index in [2.05, 4.69) is 5.32 Å². The van der Waals surface area contributed by atoms with Crippen LogP contribution in [-0.2, 0) is 10.2 Å². The molecule has 7 nitrogen and oxygen atoms in total. The Hall–Kier alpha value is -2.58. The molecule has 1 aliphatic rings. The molecular formula is C22H29N3O4S. The summed E-state index contributed by atoms with van der Waals surface area (Å²) < 4.78 is 33.0. The van der Waals surface area contributed by atoms with Crippen molar-refractivity contribution in [3.63, 3.8) is 0 Å². The van der Waals surface area contributed by atoms with E-state index in [4.69, 9.17) is 4.74 Å². The molecule has 0 saturated heterocycles. The van der Waals surface area contributed by atoms with Crippen LogP contribution < -0.4 is 14.4 Å². The van der Waals surface area contributed by atoms with Crippen molar-refractivity contribution >= 4 is 21.8 Å². The van der Waals surface area contributed by atoms with Crippen LogP contribution in [0.4, 0.5) is 5.69 Å². The van der Waals surface area contributed by atoms with Crippen LogP contribution in [0.2, 0.25) is 0 Å². The molecule has 0 aliphatic carbocycles. The van der Waals surface area contributed by atoms with Crippen molar-refractivity contribution in [1.29, 1.82) is 0 Å². The molecule has 3 rings (SSSR count). The van der Waals surface area contributed by atoms with Gasteiger partial charge in [-0.05, 0) is 56.7 Å². The Kier molecular flexibility index (Phi) is 5.84. The minimum atomic E-state index is -3.58. The van der Waals surface area contributed by atoms with Crippen LogP contribution in [0.25, 0.3) is 0 Å². The monoisotopic (exact) mass is 431 g/mol. The summed E-state index contributed by atoms with van der Waals surface area (Å²) in [5.41, 5.74) is 2.61. The SMILES string of the molecule is Cc1ccc2c(c1)OC(C)(C)CC2NC(=O)c1ccc(N(C)S(=O)(=O)N(C)C)cc1. The van der Waals surface area contributed by atoms with Gasteiger partial charge in [-0.15, -0.1) is 0 Å². The number of carbonyl (C=O) groups is 1. The van der Waals surface area contributed by atoms with Gasteiger partial charge in [0.1, 0.15) is 11.4 Å². The Bertz CT molecular complexity index is 1050. The average molecular weight is 432 g/mol. The van der Waals surface area contributed by atoms with Gasteiger partial charge in [-0.1, -0.05) is 12.1 Å². The van der Waals surface area contributed by atoms with Crippen LogP contribution in [0, 0.1) is 6.92 Å². The van der Waals surface area contributed by atoms with Crippen LogP contribution in [0.15, 0.2) is 42.5 Å². The van der Waals surface area contributed by atoms with Gasteiger partial charge in [0.05, 0.1) is 11.7 Å². The number of amides is 1. The average Bonchev–Trinajstić information content (AvgIpc) is 2.66. The second-order valence-corrected chi connectivity index (χ2v) is 10.6. The molecule has 0 aromatic heterocycles. The lowest BCUT2D eigenvalue weighted by molar-refractivity contribution is 0.0619. The summed E-state index contributed by atoms with van der Waals surface area (Å²) in [4.78, 5) is 12.9. The van der Waals surface area contributed by atoms with Gasteiger partial charge in [-0.3, -0.25) is 9.10 Å². The highest BCUT2D eigenvalue weighted by atomic mass is 32.2. The number of benzene rings is 2. The molecule has 0 radical (unpaired) electrons. The summed E-state index contributed by atoms with van der Waals surface area (Å²) in [7, 11) is 0.845. The second-order valence-electron chi connectivity index (χ2n) is 8.44. The fraction of sp³-hybridized carbons (Fsp3) is 0.409. The Balaban J connectivity index is 1.80. The first-order valence-corrected chi connectivity index (χ1v) is 11.2. The molecule has 0 fully saturated rings. The smallest absolute Gasteiger partial charge is 0.303 e. The van der Waals surface area contributed by atoms with E-state index >= 15 is 0 Å². The van der Waals surface area contributed by atoms with Gasteiger partial charge in [-0.2, -0.15) is 12.7 Å². The van der Waals surface area contributed by atoms with Crippen molar-refractivity contribution in [3.05, 3.63) is 59.2 Å². The minimum absolute atomic E-state index is 0.173. The van der Waals surface area contributed by atoms with Crippen molar-refractivity contribution in [2.45, 2.75) is 38.8 Å². The van der Waals surface area contributed by atoms with Crippen molar-refractivity contribution in [2.75, 3.05) is 25.4 Å². The zero-order valence-electron chi connectivity index (χ0n) is 18.3. The number of nitrogens with one attached hydrogen (secondary N) is 1. The number of carbonyl (C=O) groups excluding carboxylic acids is 1. The van der Waals surface area contributed by atoms with E-state index < -0.39 is 15.8 Å². The molecule has 30 heavy (non-hydrogen) atoms. The van der Waals surface area contributed by atoms with Gasteiger partial charge in [0.15, 0.2) is 0 Å². The van der Waals surface area contributed by atoms with Crippen molar-refractivity contribution in [1.82, 2.24) is 9.62 Å². The van der Waals surface area contributed by atoms with Gasteiger partial charge >= 0.3 is 10.2 Å². The van der Waals surface area contributed by atoms with Gasteiger partial charge in [0, 0.05) is 38.7 Å². The van der Waals surface area contributed by atoms with E-state index in [9.17, 15) is 13.2 Å². The Morgan fingerprint density at radius 2 is 1.73 bits per heavy atom. The number of aryl methyl sites for hydroxylation is 1. The predicted octanol–water partition coefficient (Wildman–Crippen LogP) is 3.27. The summed E-state index contributed by atoms with van der Waals surface area (Å²) in [6.45, 7) is 6.02. The maximum Gasteiger partial charge on any atom is 0.303 e. The molecule has 1 N–H and O–H groups in total. The molecule has 0 saturated carbocycles. The van der Waals surface area contributed by atoms with E-state index in [0.29, 0.717) is 17.7 Å². The second kappa shape index (κ2) is 7.92. The highest BCUT2D eigenvalue weighted by molar-refractivity contribution is 7.90. The van der Waals surface area contributed by atoms with Crippen LogP contribution in [0.1, 0.15) is 47.8 Å². The van der Waals surface area contributed by atoms with Gasteiger partial charge in [0.2, 0.25) is 0 Å². The molecule has 162 valence electrons. The van der Waals surface area contributed by atoms with Crippen molar-refractivity contribution in [2.24, 2.45) is 0 Å². The van der Waals surface area contributed by atoms with E-state index in [1.165, 1.54) is 25.4 Å². The molecular weight excluding hydrogens is 402 g/mol. The van der Waals surface area contributed by atoms with Crippen LogP contribution in [0.5, 0.6) is 5.75 Å². The summed E-state index contributed by atoms with van der Waals surface area (Å²) in [6.07, 6.45) is 0.650. The van der Waals surface area contributed by atoms with Gasteiger partial charge < -0.3 is 10.1 Å². The fourth-order valence-electron chi connectivity index (χ4n) is 3.53. The van der Waals surface area contributed by atoms with Gasteiger partial charge in [-0.25, -0.2) is 0 Å². The van der Waals surface area contributed by atoms with Crippen molar-refractivity contribution in [3.8, 4) is 5.75 Å². The molecule has 1 heterocycles. The summed E-state index contributed by atoms with van der Waals surface area (Å²) in [6, 6.07) is 12.3. The van der Waals surface area contributed by atoms with Crippen LogP contribution in [0.3, 0.4) is 0 Å². The third-order valence-electron chi connectivity index (χ3n) is 5.23.